The standard InChI is InChI=1S/3C7H15.BrH.Sn/c3*1-3-5-7-6-4-2;;/h3*1,3-7H2,2H3;1H;/q;;;;+1/p-1. The Morgan fingerprint density at radius 2 is 0.696 bits per heavy atom. The van der Waals surface area contributed by atoms with Gasteiger partial charge in [-0.15, -0.1) is 0 Å². The molecule has 0 amide bonds. The van der Waals surface area contributed by atoms with Crippen LogP contribution in [-0.2, 0) is 0 Å². The topological polar surface area (TPSA) is 0 Å². The normalized spacial score (nSPS) is 12.0. The summed E-state index contributed by atoms with van der Waals surface area (Å²) in [6.07, 6.45) is 21.9. The summed E-state index contributed by atoms with van der Waals surface area (Å²) in [6, 6.07) is 0. The van der Waals surface area contributed by atoms with Gasteiger partial charge in [0.2, 0.25) is 0 Å². The van der Waals surface area contributed by atoms with Gasteiger partial charge in [0.15, 0.2) is 0 Å². The molecule has 0 unspecified atom stereocenters. The maximum absolute atomic E-state index is 4.40. The molecule has 0 atom stereocenters. The molecule has 0 aliphatic rings. The van der Waals surface area contributed by atoms with Crippen molar-refractivity contribution in [1.29, 1.82) is 0 Å². The van der Waals surface area contributed by atoms with E-state index in [1.165, 1.54) is 96.3 Å². The van der Waals surface area contributed by atoms with Crippen LogP contribution in [-0.4, -0.2) is 16.2 Å². The van der Waals surface area contributed by atoms with Crippen molar-refractivity contribution in [1.82, 2.24) is 0 Å². The van der Waals surface area contributed by atoms with E-state index >= 15 is 0 Å². The molecule has 0 N–H and O–H groups in total. The van der Waals surface area contributed by atoms with E-state index in [4.69, 9.17) is 0 Å². The van der Waals surface area contributed by atoms with Gasteiger partial charge < -0.3 is 0 Å². The van der Waals surface area contributed by atoms with Crippen molar-refractivity contribution in [2.75, 3.05) is 0 Å². The van der Waals surface area contributed by atoms with Gasteiger partial charge in [0.1, 0.15) is 0 Å². The summed E-state index contributed by atoms with van der Waals surface area (Å²) in [7, 11) is 0. The third-order valence-corrected chi connectivity index (χ3v) is 23.9. The summed E-state index contributed by atoms with van der Waals surface area (Å²) in [5.74, 6) is 0. The number of rotatable bonds is 18. The van der Waals surface area contributed by atoms with Crippen LogP contribution in [0.3, 0.4) is 0 Å². The van der Waals surface area contributed by atoms with Crippen molar-refractivity contribution in [2.24, 2.45) is 0 Å². The van der Waals surface area contributed by atoms with Crippen LogP contribution in [0.1, 0.15) is 117 Å². The first-order valence-electron chi connectivity index (χ1n) is 10.9. The Bertz CT molecular complexity index is 194. The minimum absolute atomic E-state index is 1.37. The van der Waals surface area contributed by atoms with Gasteiger partial charge in [-0.05, 0) is 0 Å². The molecule has 23 heavy (non-hydrogen) atoms. The van der Waals surface area contributed by atoms with Gasteiger partial charge in [-0.1, -0.05) is 0 Å². The van der Waals surface area contributed by atoms with Gasteiger partial charge in [0.05, 0.1) is 0 Å². The summed E-state index contributed by atoms with van der Waals surface area (Å²) in [4.78, 5) is 0. The van der Waals surface area contributed by atoms with Crippen molar-refractivity contribution in [3.05, 3.63) is 0 Å². The molecule has 0 aliphatic carbocycles. The molecular formula is C21H45BrSn. The summed E-state index contributed by atoms with van der Waals surface area (Å²) in [5, 5.41) is 0. The van der Waals surface area contributed by atoms with Crippen molar-refractivity contribution in [3.63, 3.8) is 0 Å². The molecule has 0 aliphatic heterocycles. The fourth-order valence-corrected chi connectivity index (χ4v) is 18.9. The van der Waals surface area contributed by atoms with Crippen LogP contribution in [0.2, 0.25) is 13.3 Å². The number of unbranched alkanes of at least 4 members (excludes halogenated alkanes) is 12. The molecular weight excluding hydrogens is 451 g/mol. The van der Waals surface area contributed by atoms with Crippen molar-refractivity contribution in [2.45, 2.75) is 130 Å². The zero-order valence-corrected chi connectivity index (χ0v) is 21.0. The van der Waals surface area contributed by atoms with E-state index in [1.54, 1.807) is 13.3 Å². The second-order valence-electron chi connectivity index (χ2n) is 7.64. The summed E-state index contributed by atoms with van der Waals surface area (Å²) < 4.78 is 4.83. The van der Waals surface area contributed by atoms with Crippen molar-refractivity contribution in [3.8, 4) is 0 Å². The van der Waals surface area contributed by atoms with E-state index in [0.29, 0.717) is 0 Å². The van der Waals surface area contributed by atoms with E-state index in [2.05, 4.69) is 33.5 Å². The third kappa shape index (κ3) is 16.5. The number of halogens is 1. The molecule has 0 bridgehead atoms. The summed E-state index contributed by atoms with van der Waals surface area (Å²) in [6.45, 7) is 6.96. The fraction of sp³-hybridized carbons (Fsp3) is 1.00. The Kier molecular flexibility index (Phi) is 19.1. The van der Waals surface area contributed by atoms with Gasteiger partial charge in [0.25, 0.3) is 0 Å². The summed E-state index contributed by atoms with van der Waals surface area (Å²) >= 11 is 2.48. The molecule has 0 aromatic carbocycles. The Morgan fingerprint density at radius 3 is 0.957 bits per heavy atom. The number of hydrogen-bond donors (Lipinski definition) is 0. The average molecular weight is 496 g/mol. The molecule has 140 valence electrons. The van der Waals surface area contributed by atoms with Crippen LogP contribution in [0, 0.1) is 0 Å². The SMILES string of the molecule is CCCCCC[CH2][Sn]([Br])([CH2]CCCCCC)[CH2]CCCCCC. The molecule has 0 nitrogen and oxygen atoms in total. The zero-order chi connectivity index (χ0) is 17.2. The van der Waals surface area contributed by atoms with E-state index in [-0.39, 0.29) is 0 Å². The zero-order valence-electron chi connectivity index (χ0n) is 16.6. The van der Waals surface area contributed by atoms with Crippen LogP contribution in [0.4, 0.5) is 0 Å². The van der Waals surface area contributed by atoms with Gasteiger partial charge in [-0.25, -0.2) is 0 Å². The van der Waals surface area contributed by atoms with Crippen LogP contribution in [0.15, 0.2) is 0 Å². The molecule has 0 spiro atoms. The molecule has 0 radical (unpaired) electrons. The van der Waals surface area contributed by atoms with Gasteiger partial charge >= 0.3 is 159 Å². The maximum atomic E-state index is 4.40. The van der Waals surface area contributed by atoms with E-state index in [1.807, 2.05) is 0 Å². The molecule has 0 aromatic heterocycles. The molecule has 0 saturated carbocycles. The number of hydrogen-bond acceptors (Lipinski definition) is 0. The second kappa shape index (κ2) is 18.1. The first-order valence-corrected chi connectivity index (χ1v) is 23.3. The van der Waals surface area contributed by atoms with Crippen LogP contribution >= 0.6 is 12.7 Å². The van der Waals surface area contributed by atoms with Gasteiger partial charge in [-0.2, -0.15) is 0 Å². The van der Waals surface area contributed by atoms with Crippen LogP contribution in [0.5, 0.6) is 0 Å². The average Bonchev–Trinajstić information content (AvgIpc) is 2.54. The predicted molar refractivity (Wildman–Crippen MR) is 115 cm³/mol. The Hall–Kier alpha value is 1.28. The molecule has 0 rings (SSSR count). The van der Waals surface area contributed by atoms with E-state index < -0.39 is 16.2 Å². The third-order valence-electron chi connectivity index (χ3n) is 5.19. The summed E-state index contributed by atoms with van der Waals surface area (Å²) in [5.41, 5.74) is 0. The fourth-order valence-electron chi connectivity index (χ4n) is 3.51. The van der Waals surface area contributed by atoms with E-state index in [9.17, 15) is 0 Å². The monoisotopic (exact) mass is 496 g/mol. The molecule has 0 heterocycles. The molecule has 0 aromatic rings. The quantitative estimate of drug-likeness (QED) is 0.131. The Labute approximate surface area is 158 Å². The van der Waals surface area contributed by atoms with Crippen molar-refractivity contribution >= 4 is 28.9 Å². The van der Waals surface area contributed by atoms with Gasteiger partial charge in [0, 0.05) is 0 Å². The van der Waals surface area contributed by atoms with Crippen LogP contribution < -0.4 is 0 Å². The first-order chi connectivity index (χ1) is 11.2. The predicted octanol–water partition coefficient (Wildman–Crippen LogP) is 9.24. The van der Waals surface area contributed by atoms with Crippen molar-refractivity contribution < 1.29 is 0 Å². The molecule has 0 saturated heterocycles. The second-order valence-corrected chi connectivity index (χ2v) is 29.8. The first kappa shape index (κ1) is 24.3. The van der Waals surface area contributed by atoms with Crippen LogP contribution in [0.25, 0.3) is 0 Å². The van der Waals surface area contributed by atoms with E-state index in [0.717, 1.165) is 0 Å². The van der Waals surface area contributed by atoms with Gasteiger partial charge in [-0.3, -0.25) is 0 Å². The molecule has 0 fully saturated rings. The Morgan fingerprint density at radius 1 is 0.435 bits per heavy atom. The Balaban J connectivity index is 4.00. The molecule has 2 heteroatoms. The minimum atomic E-state index is -1.92.